The van der Waals surface area contributed by atoms with Gasteiger partial charge in [0.25, 0.3) is 0 Å². The van der Waals surface area contributed by atoms with Crippen LogP contribution in [0.5, 0.6) is 5.75 Å². The lowest BCUT2D eigenvalue weighted by Gasteiger charge is -2.40. The summed E-state index contributed by atoms with van der Waals surface area (Å²) in [6.45, 7) is 11.0. The molecule has 2 aromatic carbocycles. The van der Waals surface area contributed by atoms with Crippen molar-refractivity contribution in [1.82, 2.24) is 9.88 Å². The molecule has 2 heterocycles. The number of rotatable bonds is 7. The molecule has 0 aliphatic carbocycles. The van der Waals surface area contributed by atoms with Gasteiger partial charge in [-0.3, -0.25) is 9.88 Å². The number of hydrogen-bond donors (Lipinski definition) is 0. The summed E-state index contributed by atoms with van der Waals surface area (Å²) in [5.41, 5.74) is 9.11. The van der Waals surface area contributed by atoms with Gasteiger partial charge in [-0.25, -0.2) is 0 Å². The maximum Gasteiger partial charge on any atom is 0.127 e. The van der Waals surface area contributed by atoms with Crippen LogP contribution in [-0.2, 0) is 25.8 Å². The van der Waals surface area contributed by atoms with Gasteiger partial charge < -0.3 is 4.74 Å². The zero-order chi connectivity index (χ0) is 22.7. The molecule has 1 aliphatic heterocycles. The largest absolute Gasteiger partial charge is 0.496 e. The number of ether oxygens (including phenoxy) is 1. The Morgan fingerprint density at radius 1 is 1.00 bits per heavy atom. The van der Waals surface area contributed by atoms with E-state index in [2.05, 4.69) is 81.1 Å². The third-order valence-corrected chi connectivity index (χ3v) is 6.86. The van der Waals surface area contributed by atoms with Gasteiger partial charge in [0.15, 0.2) is 0 Å². The molecule has 0 radical (unpaired) electrons. The molecule has 168 valence electrons. The maximum absolute atomic E-state index is 5.89. The van der Waals surface area contributed by atoms with Gasteiger partial charge in [-0.15, -0.1) is 0 Å². The normalized spacial score (nSPS) is 16.2. The monoisotopic (exact) mass is 428 g/mol. The van der Waals surface area contributed by atoms with Crippen LogP contribution < -0.4 is 4.74 Å². The predicted octanol–water partition coefficient (Wildman–Crippen LogP) is 6.64. The van der Waals surface area contributed by atoms with Gasteiger partial charge in [-0.1, -0.05) is 70.2 Å². The minimum atomic E-state index is 0.414. The molecule has 0 saturated carbocycles. The van der Waals surface area contributed by atoms with E-state index in [0.29, 0.717) is 12.0 Å². The van der Waals surface area contributed by atoms with E-state index >= 15 is 0 Å². The standard InChI is InChI=1S/C29H36N2O/c1-6-21-12-10-13-22(7-2)28(21)26-17-27(32-5)24(18-30-26)19-31-16-15-23-11-8-9-14-25(23)29(31)20(3)4/h8-14,17-18,20,29H,6-7,15-16,19H2,1-5H3. The minimum absolute atomic E-state index is 0.414. The highest BCUT2D eigenvalue weighted by molar-refractivity contribution is 5.69. The first-order chi connectivity index (χ1) is 15.6. The molecule has 1 unspecified atom stereocenters. The summed E-state index contributed by atoms with van der Waals surface area (Å²) in [6, 6.07) is 18.1. The molecule has 0 amide bonds. The average Bonchev–Trinajstić information content (AvgIpc) is 2.83. The maximum atomic E-state index is 5.89. The van der Waals surface area contributed by atoms with E-state index in [9.17, 15) is 0 Å². The van der Waals surface area contributed by atoms with E-state index in [4.69, 9.17) is 9.72 Å². The van der Waals surface area contributed by atoms with Crippen molar-refractivity contribution in [1.29, 1.82) is 0 Å². The Morgan fingerprint density at radius 2 is 1.72 bits per heavy atom. The zero-order valence-electron chi connectivity index (χ0n) is 20.2. The number of aryl methyl sites for hydroxylation is 2. The van der Waals surface area contributed by atoms with Crippen molar-refractivity contribution in [3.63, 3.8) is 0 Å². The number of fused-ring (bicyclic) bond motifs is 1. The SMILES string of the molecule is CCc1cccc(CC)c1-c1cc(OC)c(CN2CCc3ccccc3C2C(C)C)cn1. The van der Waals surface area contributed by atoms with Crippen molar-refractivity contribution in [2.75, 3.05) is 13.7 Å². The van der Waals surface area contributed by atoms with Gasteiger partial charge in [-0.05, 0) is 47.4 Å². The Labute approximate surface area is 193 Å². The molecule has 4 rings (SSSR count). The highest BCUT2D eigenvalue weighted by Gasteiger charge is 2.30. The quantitative estimate of drug-likeness (QED) is 0.422. The van der Waals surface area contributed by atoms with Crippen molar-refractivity contribution in [3.8, 4) is 17.0 Å². The second kappa shape index (κ2) is 9.87. The van der Waals surface area contributed by atoms with Crippen molar-refractivity contribution in [2.24, 2.45) is 5.92 Å². The topological polar surface area (TPSA) is 25.4 Å². The van der Waals surface area contributed by atoms with Crippen LogP contribution in [-0.4, -0.2) is 23.5 Å². The molecule has 0 saturated heterocycles. The summed E-state index contributed by atoms with van der Waals surface area (Å²) < 4.78 is 5.89. The van der Waals surface area contributed by atoms with Gasteiger partial charge in [-0.2, -0.15) is 0 Å². The van der Waals surface area contributed by atoms with E-state index in [1.54, 1.807) is 7.11 Å². The Kier molecular flexibility index (Phi) is 6.95. The number of benzene rings is 2. The summed E-state index contributed by atoms with van der Waals surface area (Å²) in [7, 11) is 1.78. The molecule has 0 N–H and O–H groups in total. The summed E-state index contributed by atoms with van der Waals surface area (Å²) in [4.78, 5) is 7.55. The third-order valence-electron chi connectivity index (χ3n) is 6.86. The fraction of sp³-hybridized carbons (Fsp3) is 0.414. The van der Waals surface area contributed by atoms with Crippen molar-refractivity contribution < 1.29 is 4.74 Å². The highest BCUT2D eigenvalue weighted by atomic mass is 16.5. The molecule has 1 atom stereocenters. The van der Waals surface area contributed by atoms with Crippen LogP contribution in [0.15, 0.2) is 54.7 Å². The van der Waals surface area contributed by atoms with Crippen molar-refractivity contribution in [3.05, 3.63) is 82.5 Å². The van der Waals surface area contributed by atoms with Crippen molar-refractivity contribution >= 4 is 0 Å². The minimum Gasteiger partial charge on any atom is -0.496 e. The third kappa shape index (κ3) is 4.31. The lowest BCUT2D eigenvalue weighted by atomic mass is 9.86. The Morgan fingerprint density at radius 3 is 2.38 bits per heavy atom. The summed E-state index contributed by atoms with van der Waals surface area (Å²) in [6.07, 6.45) is 5.13. The molecule has 32 heavy (non-hydrogen) atoms. The molecule has 0 fully saturated rings. The molecule has 1 aliphatic rings. The van der Waals surface area contributed by atoms with E-state index in [1.165, 1.54) is 27.8 Å². The fourth-order valence-corrected chi connectivity index (χ4v) is 5.31. The van der Waals surface area contributed by atoms with E-state index in [1.807, 2.05) is 6.20 Å². The van der Waals surface area contributed by atoms with Crippen LogP contribution in [0.4, 0.5) is 0 Å². The van der Waals surface area contributed by atoms with Gasteiger partial charge in [0.2, 0.25) is 0 Å². The lowest BCUT2D eigenvalue weighted by Crippen LogP contribution is -2.37. The van der Waals surface area contributed by atoms with Crippen LogP contribution in [0.3, 0.4) is 0 Å². The summed E-state index contributed by atoms with van der Waals surface area (Å²) in [5.74, 6) is 1.47. The van der Waals surface area contributed by atoms with E-state index in [0.717, 1.165) is 49.4 Å². The number of pyridine rings is 1. The number of nitrogens with zero attached hydrogens (tertiary/aromatic N) is 2. The van der Waals surface area contributed by atoms with E-state index in [-0.39, 0.29) is 0 Å². The van der Waals surface area contributed by atoms with Gasteiger partial charge in [0, 0.05) is 42.5 Å². The highest BCUT2D eigenvalue weighted by Crippen LogP contribution is 2.38. The summed E-state index contributed by atoms with van der Waals surface area (Å²) in [5, 5.41) is 0. The Balaban J connectivity index is 1.68. The first kappa shape index (κ1) is 22.5. The Bertz CT molecular complexity index is 1050. The number of aromatic nitrogens is 1. The van der Waals surface area contributed by atoms with Crippen LogP contribution in [0.1, 0.15) is 61.6 Å². The predicted molar refractivity (Wildman–Crippen MR) is 133 cm³/mol. The molecule has 3 heteroatoms. The lowest BCUT2D eigenvalue weighted by molar-refractivity contribution is 0.134. The van der Waals surface area contributed by atoms with Crippen LogP contribution in [0.25, 0.3) is 11.3 Å². The van der Waals surface area contributed by atoms with Gasteiger partial charge >= 0.3 is 0 Å². The molecule has 0 spiro atoms. The molecule has 3 aromatic rings. The molecule has 1 aromatic heterocycles. The Hall–Kier alpha value is -2.65. The average molecular weight is 429 g/mol. The second-order valence-corrected chi connectivity index (χ2v) is 9.15. The molecular formula is C29H36N2O. The van der Waals surface area contributed by atoms with Crippen molar-refractivity contribution in [2.45, 2.75) is 59.5 Å². The van der Waals surface area contributed by atoms with Crippen LogP contribution >= 0.6 is 0 Å². The first-order valence-electron chi connectivity index (χ1n) is 12.0. The molecular weight excluding hydrogens is 392 g/mol. The molecule has 0 bridgehead atoms. The fourth-order valence-electron chi connectivity index (χ4n) is 5.31. The van der Waals surface area contributed by atoms with Crippen LogP contribution in [0.2, 0.25) is 0 Å². The van der Waals surface area contributed by atoms with Gasteiger partial charge in [0.1, 0.15) is 5.75 Å². The number of hydrogen-bond acceptors (Lipinski definition) is 3. The van der Waals surface area contributed by atoms with Gasteiger partial charge in [0.05, 0.1) is 12.8 Å². The molecule has 3 nitrogen and oxygen atoms in total. The first-order valence-corrected chi connectivity index (χ1v) is 12.0. The van der Waals surface area contributed by atoms with E-state index < -0.39 is 0 Å². The smallest absolute Gasteiger partial charge is 0.127 e. The van der Waals surface area contributed by atoms with Crippen LogP contribution in [0, 0.1) is 5.92 Å². The zero-order valence-corrected chi connectivity index (χ0v) is 20.2. The number of methoxy groups -OCH3 is 1. The second-order valence-electron chi connectivity index (χ2n) is 9.15. The summed E-state index contributed by atoms with van der Waals surface area (Å²) >= 11 is 0.